The Hall–Kier alpha value is -1.33. The summed E-state index contributed by atoms with van der Waals surface area (Å²) in [6, 6.07) is 3.71. The van der Waals surface area contributed by atoms with Crippen LogP contribution in [0, 0.1) is 0 Å². The lowest BCUT2D eigenvalue weighted by Gasteiger charge is -2.30. The lowest BCUT2D eigenvalue weighted by atomic mass is 10.1. The highest BCUT2D eigenvalue weighted by Crippen LogP contribution is 2.17. The molecule has 2 rings (SSSR count). The Morgan fingerprint density at radius 3 is 2.76 bits per heavy atom. The largest absolute Gasteiger partial charge is 0.475 e. The predicted molar refractivity (Wildman–Crippen MR) is 61.0 cm³/mol. The highest BCUT2D eigenvalue weighted by atomic mass is 16.5. The van der Waals surface area contributed by atoms with Gasteiger partial charge in [-0.05, 0) is 32.0 Å². The molecule has 2 heterocycles. The van der Waals surface area contributed by atoms with E-state index >= 15 is 0 Å². The van der Waals surface area contributed by atoms with E-state index in [9.17, 15) is 4.79 Å². The first-order valence-electron chi connectivity index (χ1n) is 5.77. The molecular weight excluding hydrogens is 222 g/mol. The quantitative estimate of drug-likeness (QED) is 0.864. The number of rotatable bonds is 4. The van der Waals surface area contributed by atoms with Crippen molar-refractivity contribution in [1.29, 1.82) is 0 Å². The van der Waals surface area contributed by atoms with Gasteiger partial charge in [-0.15, -0.1) is 0 Å². The van der Waals surface area contributed by atoms with Crippen LogP contribution in [0.4, 0.5) is 0 Å². The fourth-order valence-electron chi connectivity index (χ4n) is 2.08. The number of hydrogen-bond acceptors (Lipinski definition) is 4. The lowest BCUT2D eigenvalue weighted by molar-refractivity contribution is 0.0384. The summed E-state index contributed by atoms with van der Waals surface area (Å²) < 4.78 is 10.5. The molecule has 0 atom stereocenters. The van der Waals surface area contributed by atoms with Gasteiger partial charge in [0, 0.05) is 19.3 Å². The van der Waals surface area contributed by atoms with Gasteiger partial charge in [0.2, 0.25) is 5.76 Å². The zero-order valence-corrected chi connectivity index (χ0v) is 9.89. The van der Waals surface area contributed by atoms with E-state index in [1.807, 2.05) is 7.05 Å². The van der Waals surface area contributed by atoms with Crippen LogP contribution in [0.25, 0.3) is 0 Å². The number of nitrogens with zero attached hydrogens (tertiary/aromatic N) is 1. The van der Waals surface area contributed by atoms with Crippen LogP contribution >= 0.6 is 0 Å². The molecule has 5 nitrogen and oxygen atoms in total. The highest BCUT2D eigenvalue weighted by molar-refractivity contribution is 5.84. The Labute approximate surface area is 100.0 Å². The smallest absolute Gasteiger partial charge is 0.371 e. The highest BCUT2D eigenvalue weighted by Gasteiger charge is 2.19. The van der Waals surface area contributed by atoms with Crippen molar-refractivity contribution < 1.29 is 19.1 Å². The van der Waals surface area contributed by atoms with Gasteiger partial charge >= 0.3 is 5.97 Å². The van der Waals surface area contributed by atoms with Crippen LogP contribution in [0.2, 0.25) is 0 Å². The molecule has 0 spiro atoms. The van der Waals surface area contributed by atoms with Crippen molar-refractivity contribution in [3.8, 4) is 0 Å². The number of carbonyl (C=O) groups is 1. The number of aromatic carboxylic acids is 1. The van der Waals surface area contributed by atoms with E-state index in [2.05, 4.69) is 4.90 Å². The Bertz CT molecular complexity index is 382. The average Bonchev–Trinajstić information content (AvgIpc) is 2.79. The first kappa shape index (κ1) is 12.1. The van der Waals surface area contributed by atoms with Crippen LogP contribution < -0.4 is 0 Å². The third kappa shape index (κ3) is 3.08. The summed E-state index contributed by atoms with van der Waals surface area (Å²) in [4.78, 5) is 12.9. The number of carboxylic acids is 1. The van der Waals surface area contributed by atoms with Crippen LogP contribution in [0.15, 0.2) is 16.5 Å². The molecule has 0 amide bonds. The minimum atomic E-state index is -1.02. The Kier molecular flexibility index (Phi) is 3.81. The zero-order valence-electron chi connectivity index (χ0n) is 9.89. The molecule has 1 N–H and O–H groups in total. The maximum Gasteiger partial charge on any atom is 0.371 e. The summed E-state index contributed by atoms with van der Waals surface area (Å²) in [5.74, 6) is -0.332. The van der Waals surface area contributed by atoms with Crippen LogP contribution in [0.3, 0.4) is 0 Å². The standard InChI is InChI=1S/C12H17NO4/c1-13(9-4-6-16-7-5-9)8-10-2-3-11(17-10)12(14)15/h2-3,9H,4-8H2,1H3,(H,14,15). The van der Waals surface area contributed by atoms with E-state index in [1.165, 1.54) is 6.07 Å². The summed E-state index contributed by atoms with van der Waals surface area (Å²) in [5, 5.41) is 8.76. The van der Waals surface area contributed by atoms with E-state index in [0.717, 1.165) is 26.1 Å². The van der Waals surface area contributed by atoms with Crippen molar-refractivity contribution >= 4 is 5.97 Å². The van der Waals surface area contributed by atoms with Gasteiger partial charge in [0.25, 0.3) is 0 Å². The Balaban J connectivity index is 1.92. The van der Waals surface area contributed by atoms with Crippen molar-refractivity contribution in [2.75, 3.05) is 20.3 Å². The number of ether oxygens (including phenoxy) is 1. The van der Waals surface area contributed by atoms with Gasteiger partial charge in [0.05, 0.1) is 6.54 Å². The molecule has 17 heavy (non-hydrogen) atoms. The van der Waals surface area contributed by atoms with Gasteiger partial charge in [0.15, 0.2) is 0 Å². The van der Waals surface area contributed by atoms with E-state index < -0.39 is 5.97 Å². The molecule has 0 aliphatic carbocycles. The molecule has 1 aliphatic rings. The van der Waals surface area contributed by atoms with Crippen LogP contribution in [0.1, 0.15) is 29.2 Å². The van der Waals surface area contributed by atoms with Crippen molar-refractivity contribution in [3.63, 3.8) is 0 Å². The molecule has 0 aromatic carbocycles. The molecule has 5 heteroatoms. The Morgan fingerprint density at radius 1 is 1.47 bits per heavy atom. The molecule has 0 saturated carbocycles. The van der Waals surface area contributed by atoms with Gasteiger partial charge in [-0.3, -0.25) is 4.90 Å². The maximum absolute atomic E-state index is 10.7. The molecule has 1 saturated heterocycles. The van der Waals surface area contributed by atoms with Crippen molar-refractivity contribution in [2.24, 2.45) is 0 Å². The van der Waals surface area contributed by atoms with Crippen molar-refractivity contribution in [2.45, 2.75) is 25.4 Å². The topological polar surface area (TPSA) is 62.9 Å². The molecular formula is C12H17NO4. The first-order chi connectivity index (χ1) is 8.16. The fourth-order valence-corrected chi connectivity index (χ4v) is 2.08. The second-order valence-corrected chi connectivity index (χ2v) is 4.33. The van der Waals surface area contributed by atoms with Gasteiger partial charge in [0.1, 0.15) is 5.76 Å². The van der Waals surface area contributed by atoms with Crippen LogP contribution in [0.5, 0.6) is 0 Å². The SMILES string of the molecule is CN(Cc1ccc(C(=O)O)o1)C1CCOCC1. The summed E-state index contributed by atoms with van der Waals surface area (Å²) in [6.45, 7) is 2.24. The molecule has 0 radical (unpaired) electrons. The van der Waals surface area contributed by atoms with Crippen LogP contribution in [-0.4, -0.2) is 42.3 Å². The fraction of sp³-hybridized carbons (Fsp3) is 0.583. The summed E-state index contributed by atoms with van der Waals surface area (Å²) in [7, 11) is 2.03. The van der Waals surface area contributed by atoms with Gasteiger partial charge in [-0.25, -0.2) is 4.79 Å². The lowest BCUT2D eigenvalue weighted by Crippen LogP contribution is -2.36. The molecule has 94 valence electrons. The van der Waals surface area contributed by atoms with E-state index in [1.54, 1.807) is 6.07 Å². The van der Waals surface area contributed by atoms with E-state index in [4.69, 9.17) is 14.3 Å². The van der Waals surface area contributed by atoms with Crippen molar-refractivity contribution in [1.82, 2.24) is 4.90 Å². The molecule has 1 aliphatic heterocycles. The Morgan fingerprint density at radius 2 is 2.18 bits per heavy atom. The minimum absolute atomic E-state index is 0.000350. The second-order valence-electron chi connectivity index (χ2n) is 4.33. The monoisotopic (exact) mass is 239 g/mol. The van der Waals surface area contributed by atoms with E-state index in [-0.39, 0.29) is 5.76 Å². The van der Waals surface area contributed by atoms with E-state index in [0.29, 0.717) is 18.3 Å². The number of hydrogen-bond donors (Lipinski definition) is 1. The zero-order chi connectivity index (χ0) is 12.3. The van der Waals surface area contributed by atoms with Crippen LogP contribution in [-0.2, 0) is 11.3 Å². The van der Waals surface area contributed by atoms with Gasteiger partial charge in [-0.1, -0.05) is 0 Å². The molecule has 1 aromatic rings. The maximum atomic E-state index is 10.7. The molecule has 0 bridgehead atoms. The number of furan rings is 1. The summed E-state index contributed by atoms with van der Waals surface area (Å²) in [6.07, 6.45) is 2.03. The third-order valence-electron chi connectivity index (χ3n) is 3.09. The average molecular weight is 239 g/mol. The minimum Gasteiger partial charge on any atom is -0.475 e. The number of carboxylic acid groups (broad SMARTS) is 1. The van der Waals surface area contributed by atoms with Crippen molar-refractivity contribution in [3.05, 3.63) is 23.7 Å². The predicted octanol–water partition coefficient (Wildman–Crippen LogP) is 1.59. The second kappa shape index (κ2) is 5.33. The third-order valence-corrected chi connectivity index (χ3v) is 3.09. The summed E-state index contributed by atoms with van der Waals surface area (Å²) >= 11 is 0. The van der Waals surface area contributed by atoms with Gasteiger partial charge in [-0.2, -0.15) is 0 Å². The molecule has 0 unspecified atom stereocenters. The molecule has 1 fully saturated rings. The summed E-state index contributed by atoms with van der Waals surface area (Å²) in [5.41, 5.74) is 0. The normalized spacial score (nSPS) is 17.5. The van der Waals surface area contributed by atoms with Gasteiger partial charge < -0.3 is 14.3 Å². The molecule has 1 aromatic heterocycles. The first-order valence-corrected chi connectivity index (χ1v) is 5.77.